The van der Waals surface area contributed by atoms with E-state index < -0.39 is 0 Å². The second-order valence-electron chi connectivity index (χ2n) is 0. The maximum atomic E-state index is 0. The van der Waals surface area contributed by atoms with Gasteiger partial charge in [0.25, 0.3) is 0 Å². The fourth-order valence-electron chi connectivity index (χ4n) is 0. The maximum absolute atomic E-state index is 0. The molecule has 0 aromatic carbocycles. The average molecular weight is 292 g/mol. The van der Waals surface area contributed by atoms with Gasteiger partial charge in [-0.05, 0) is 0 Å². The minimum atomic E-state index is 0. The molecular weight excluding hydrogens is 288 g/mol. The van der Waals surface area contributed by atoms with Crippen LogP contribution in [0.25, 0.3) is 0 Å². The molecular formula is H4AuNiO2. The molecule has 4 heavy (non-hydrogen) atoms. The van der Waals surface area contributed by atoms with Gasteiger partial charge in [-0.25, -0.2) is 0 Å². The molecule has 0 bridgehead atoms. The van der Waals surface area contributed by atoms with Crippen LogP contribution in [0.2, 0.25) is 0 Å². The zero-order chi connectivity index (χ0) is 0. The van der Waals surface area contributed by atoms with Crippen molar-refractivity contribution in [3.05, 3.63) is 0 Å². The van der Waals surface area contributed by atoms with Crippen molar-refractivity contribution >= 4 is 0 Å². The minimum Gasteiger partial charge on any atom is -0.412 e. The smallest absolute Gasteiger partial charge is 0 e. The minimum absolute atomic E-state index is 0. The molecule has 0 amide bonds. The quantitative estimate of drug-likeness (QED) is 0.480. The predicted octanol–water partition coefficient (Wildman–Crippen LogP) is -1.65. The van der Waals surface area contributed by atoms with E-state index in [4.69, 9.17) is 0 Å². The molecule has 0 aromatic rings. The van der Waals surface area contributed by atoms with Crippen molar-refractivity contribution in [2.24, 2.45) is 0 Å². The van der Waals surface area contributed by atoms with Crippen LogP contribution in [0.4, 0.5) is 0 Å². The summed E-state index contributed by atoms with van der Waals surface area (Å²) in [6.07, 6.45) is 0. The first-order chi connectivity index (χ1) is 0. The van der Waals surface area contributed by atoms with Crippen molar-refractivity contribution in [2.45, 2.75) is 0 Å². The fraction of sp³-hybridized carbons (Fsp3) is 0. The average Bonchev–Trinajstić information content (AvgIpc) is 0. The molecule has 0 fully saturated rings. The van der Waals surface area contributed by atoms with Gasteiger partial charge >= 0.3 is 0 Å². The van der Waals surface area contributed by atoms with E-state index in [0.29, 0.717) is 0 Å². The van der Waals surface area contributed by atoms with Gasteiger partial charge in [-0.1, -0.05) is 0 Å². The van der Waals surface area contributed by atoms with E-state index >= 15 is 0 Å². The second-order valence-corrected chi connectivity index (χ2v) is 0. The van der Waals surface area contributed by atoms with Gasteiger partial charge in [-0.2, -0.15) is 0 Å². The summed E-state index contributed by atoms with van der Waals surface area (Å²) in [6, 6.07) is 0. The van der Waals surface area contributed by atoms with Crippen LogP contribution in [0.15, 0.2) is 0 Å². The molecule has 0 saturated carbocycles. The summed E-state index contributed by atoms with van der Waals surface area (Å²) in [5.74, 6) is 0. The van der Waals surface area contributed by atoms with Crippen LogP contribution in [-0.2, 0) is 38.9 Å². The van der Waals surface area contributed by atoms with Gasteiger partial charge in [0.2, 0.25) is 0 Å². The third-order valence-electron chi connectivity index (χ3n) is 0. The molecule has 0 aromatic heterocycles. The van der Waals surface area contributed by atoms with Crippen molar-refractivity contribution in [3.8, 4) is 0 Å². The SMILES string of the molecule is O.O.[Au].[Ni]. The first-order valence-corrected chi connectivity index (χ1v) is 0. The van der Waals surface area contributed by atoms with Crippen LogP contribution in [0.5, 0.6) is 0 Å². The Hall–Kier alpha value is 1.15. The Morgan fingerprint density at radius 3 is 0.750 bits per heavy atom. The van der Waals surface area contributed by atoms with E-state index in [0.717, 1.165) is 0 Å². The third kappa shape index (κ3) is 11.0. The number of rotatable bonds is 0. The molecule has 4 N–H and O–H groups in total. The Labute approximate surface area is 50.0 Å². The van der Waals surface area contributed by atoms with E-state index in [1.54, 1.807) is 0 Å². The van der Waals surface area contributed by atoms with Crippen LogP contribution < -0.4 is 0 Å². The number of hydrogen-bond acceptors (Lipinski definition) is 0. The molecule has 0 aliphatic rings. The first kappa shape index (κ1) is 66.8. The molecule has 0 unspecified atom stereocenters. The van der Waals surface area contributed by atoms with Gasteiger partial charge in [0.1, 0.15) is 0 Å². The van der Waals surface area contributed by atoms with E-state index in [2.05, 4.69) is 0 Å². The normalized spacial score (nSPS) is 0. The van der Waals surface area contributed by atoms with E-state index in [9.17, 15) is 0 Å². The summed E-state index contributed by atoms with van der Waals surface area (Å²) in [7, 11) is 0. The first-order valence-electron chi connectivity index (χ1n) is 0. The molecule has 37 valence electrons. The van der Waals surface area contributed by atoms with Crippen molar-refractivity contribution in [3.63, 3.8) is 0 Å². The van der Waals surface area contributed by atoms with Gasteiger partial charge in [0.05, 0.1) is 0 Å². The van der Waals surface area contributed by atoms with E-state index in [1.807, 2.05) is 0 Å². The Morgan fingerprint density at radius 2 is 0.750 bits per heavy atom. The molecule has 0 aliphatic heterocycles. The topological polar surface area (TPSA) is 63.0 Å². The van der Waals surface area contributed by atoms with Gasteiger partial charge < -0.3 is 11.0 Å². The van der Waals surface area contributed by atoms with Gasteiger partial charge in [0.15, 0.2) is 0 Å². The summed E-state index contributed by atoms with van der Waals surface area (Å²) in [4.78, 5) is 0. The zero-order valence-electron chi connectivity index (χ0n) is 1.62. The molecule has 2 nitrogen and oxygen atoms in total. The van der Waals surface area contributed by atoms with E-state index in [-0.39, 0.29) is 49.8 Å². The largest absolute Gasteiger partial charge is 0.412 e. The van der Waals surface area contributed by atoms with Gasteiger partial charge in [-0.15, -0.1) is 0 Å². The summed E-state index contributed by atoms with van der Waals surface area (Å²) < 4.78 is 0. The number of hydrogen-bond donors (Lipinski definition) is 0. The Morgan fingerprint density at radius 1 is 0.750 bits per heavy atom. The molecule has 0 heterocycles. The Balaban J connectivity index is 0. The van der Waals surface area contributed by atoms with E-state index in [1.165, 1.54) is 0 Å². The molecule has 1 radical (unpaired) electrons. The van der Waals surface area contributed by atoms with Crippen molar-refractivity contribution < 1.29 is 49.8 Å². The van der Waals surface area contributed by atoms with Crippen molar-refractivity contribution in [1.29, 1.82) is 0 Å². The van der Waals surface area contributed by atoms with Crippen molar-refractivity contribution in [1.82, 2.24) is 0 Å². The van der Waals surface area contributed by atoms with Crippen LogP contribution in [0, 0.1) is 0 Å². The molecule has 0 saturated heterocycles. The maximum Gasteiger partial charge on any atom is 0 e. The molecule has 0 aliphatic carbocycles. The predicted molar refractivity (Wildman–Crippen MR) is 7.23 cm³/mol. The van der Waals surface area contributed by atoms with Gasteiger partial charge in [-0.3, -0.25) is 0 Å². The molecule has 0 spiro atoms. The monoisotopic (exact) mass is 291 g/mol. The summed E-state index contributed by atoms with van der Waals surface area (Å²) in [6.45, 7) is 0. The van der Waals surface area contributed by atoms with Crippen LogP contribution in [0.1, 0.15) is 0 Å². The van der Waals surface area contributed by atoms with Crippen LogP contribution >= 0.6 is 0 Å². The molecule has 4 heteroatoms. The van der Waals surface area contributed by atoms with Crippen LogP contribution in [0.3, 0.4) is 0 Å². The second kappa shape index (κ2) is 31.0. The Bertz CT molecular complexity index is 6.00. The third-order valence-corrected chi connectivity index (χ3v) is 0. The van der Waals surface area contributed by atoms with Crippen LogP contribution in [-0.4, -0.2) is 11.0 Å². The molecule has 0 rings (SSSR count). The summed E-state index contributed by atoms with van der Waals surface area (Å²) >= 11 is 0. The zero-order valence-corrected chi connectivity index (χ0v) is 4.77. The molecule has 0 atom stereocenters. The van der Waals surface area contributed by atoms with Crippen molar-refractivity contribution in [2.75, 3.05) is 0 Å². The Kier molecular flexibility index (Phi) is 518. The van der Waals surface area contributed by atoms with Gasteiger partial charge in [0, 0.05) is 38.9 Å². The standard InChI is InChI=1S/Au.Ni.2H2O/h;;2*1H2. The summed E-state index contributed by atoms with van der Waals surface area (Å²) in [5, 5.41) is 0. The summed E-state index contributed by atoms with van der Waals surface area (Å²) in [5.41, 5.74) is 0. The fourth-order valence-corrected chi connectivity index (χ4v) is 0.